The number of ether oxygens (including phenoxy) is 2. The van der Waals surface area contributed by atoms with Crippen molar-refractivity contribution in [2.45, 2.75) is 39.5 Å². The van der Waals surface area contributed by atoms with Crippen LogP contribution in [0.5, 0.6) is 11.5 Å². The molecule has 6 heteroatoms. The van der Waals surface area contributed by atoms with E-state index in [1.165, 1.54) is 0 Å². The van der Waals surface area contributed by atoms with Crippen molar-refractivity contribution in [3.63, 3.8) is 0 Å². The summed E-state index contributed by atoms with van der Waals surface area (Å²) in [6, 6.07) is 5.30. The largest absolute Gasteiger partial charge is 0.505 e. The molecule has 0 atom stereocenters. The zero-order valence-corrected chi connectivity index (χ0v) is 15.6. The number of nitrogens with zero attached hydrogens (tertiary/aromatic N) is 1. The lowest BCUT2D eigenvalue weighted by atomic mass is 10.1. The van der Waals surface area contributed by atoms with Crippen LogP contribution in [-0.2, 0) is 4.74 Å². The Morgan fingerprint density at radius 1 is 1.17 bits per heavy atom. The Hall–Kier alpha value is -1.82. The molecular weight excluding hydrogens is 374 g/mol. The fourth-order valence-corrected chi connectivity index (χ4v) is 2.69. The van der Waals surface area contributed by atoms with Gasteiger partial charge in [0.1, 0.15) is 10.4 Å². The van der Waals surface area contributed by atoms with Gasteiger partial charge in [0.05, 0.1) is 13.2 Å². The highest BCUT2D eigenvalue weighted by Crippen LogP contribution is 2.34. The summed E-state index contributed by atoms with van der Waals surface area (Å²) in [6.45, 7) is 5.07. The van der Waals surface area contributed by atoms with Crippen LogP contribution in [0.25, 0.3) is 10.8 Å². The molecule has 130 valence electrons. The summed E-state index contributed by atoms with van der Waals surface area (Å²) in [5.74, 6) is -0.0854. The van der Waals surface area contributed by atoms with E-state index in [-0.39, 0.29) is 11.4 Å². The molecule has 0 saturated carbocycles. The fraction of sp³-hybridized carbons (Fsp3) is 0.444. The van der Waals surface area contributed by atoms with E-state index in [0.717, 1.165) is 25.7 Å². The lowest BCUT2D eigenvalue weighted by Crippen LogP contribution is -2.09. The number of carbonyl (C=O) groups is 1. The summed E-state index contributed by atoms with van der Waals surface area (Å²) in [6.07, 6.45) is 3.74. The highest BCUT2D eigenvalue weighted by atomic mass is 79.9. The van der Waals surface area contributed by atoms with Crippen molar-refractivity contribution in [1.82, 2.24) is 4.98 Å². The van der Waals surface area contributed by atoms with Crippen LogP contribution in [0.4, 0.5) is 0 Å². The average Bonchev–Trinajstić information content (AvgIpc) is 2.58. The topological polar surface area (TPSA) is 68.7 Å². The van der Waals surface area contributed by atoms with Crippen LogP contribution in [0, 0.1) is 0 Å². The molecule has 0 radical (unpaired) electrons. The molecule has 1 aromatic heterocycles. The molecule has 0 aliphatic heterocycles. The molecule has 24 heavy (non-hydrogen) atoms. The van der Waals surface area contributed by atoms with Gasteiger partial charge in [-0.05, 0) is 47.0 Å². The smallest absolute Gasteiger partial charge is 0.360 e. The maximum Gasteiger partial charge on any atom is 0.360 e. The SMILES string of the molecule is CCCCOC(=O)c1nc(Br)c2cc(OCCCC)ccc2c1O. The zero-order chi connectivity index (χ0) is 17.5. The number of halogens is 1. The number of carbonyl (C=O) groups excluding carboxylic acids is 1. The van der Waals surface area contributed by atoms with Crippen molar-refractivity contribution >= 4 is 32.7 Å². The van der Waals surface area contributed by atoms with Gasteiger partial charge in [-0.15, -0.1) is 0 Å². The first-order valence-electron chi connectivity index (χ1n) is 8.20. The number of pyridine rings is 1. The number of esters is 1. The van der Waals surface area contributed by atoms with Gasteiger partial charge in [0.25, 0.3) is 0 Å². The molecule has 0 spiro atoms. The number of hydrogen-bond acceptors (Lipinski definition) is 5. The third kappa shape index (κ3) is 4.38. The number of hydrogen-bond donors (Lipinski definition) is 1. The second-order valence-corrected chi connectivity index (χ2v) is 6.25. The minimum atomic E-state index is -0.619. The van der Waals surface area contributed by atoms with E-state index in [1.807, 2.05) is 6.92 Å². The molecular formula is C18H22BrNO4. The van der Waals surface area contributed by atoms with Crippen LogP contribution in [0.15, 0.2) is 22.8 Å². The predicted octanol–water partition coefficient (Wildman–Crippen LogP) is 4.84. The van der Waals surface area contributed by atoms with E-state index in [1.54, 1.807) is 18.2 Å². The summed E-state index contributed by atoms with van der Waals surface area (Å²) < 4.78 is 11.3. The second kappa shape index (κ2) is 8.87. The van der Waals surface area contributed by atoms with Gasteiger partial charge < -0.3 is 14.6 Å². The average molecular weight is 396 g/mol. The molecule has 0 unspecified atom stereocenters. The highest BCUT2D eigenvalue weighted by molar-refractivity contribution is 9.10. The Bertz CT molecular complexity index is 718. The van der Waals surface area contributed by atoms with Gasteiger partial charge in [-0.25, -0.2) is 9.78 Å². The van der Waals surface area contributed by atoms with Crippen LogP contribution in [0.1, 0.15) is 50.0 Å². The maximum absolute atomic E-state index is 12.1. The van der Waals surface area contributed by atoms with Gasteiger partial charge in [0.15, 0.2) is 11.4 Å². The Morgan fingerprint density at radius 3 is 2.58 bits per heavy atom. The van der Waals surface area contributed by atoms with Gasteiger partial charge in [-0.3, -0.25) is 0 Å². The number of benzene rings is 1. The van der Waals surface area contributed by atoms with E-state index in [9.17, 15) is 9.90 Å². The molecule has 1 aromatic carbocycles. The number of rotatable bonds is 8. The predicted molar refractivity (Wildman–Crippen MR) is 96.7 cm³/mol. The first-order valence-corrected chi connectivity index (χ1v) is 8.99. The molecule has 1 N–H and O–H groups in total. The minimum Gasteiger partial charge on any atom is -0.505 e. The lowest BCUT2D eigenvalue weighted by Gasteiger charge is -2.11. The Balaban J connectivity index is 2.29. The normalized spacial score (nSPS) is 10.8. The van der Waals surface area contributed by atoms with E-state index in [4.69, 9.17) is 9.47 Å². The van der Waals surface area contributed by atoms with E-state index in [2.05, 4.69) is 27.8 Å². The first kappa shape index (κ1) is 18.5. The van der Waals surface area contributed by atoms with Gasteiger partial charge in [0, 0.05) is 10.8 Å². The standard InChI is InChI=1S/C18H22BrNO4/c1-3-5-9-23-12-7-8-13-14(11-12)17(19)20-15(16(13)21)18(22)24-10-6-4-2/h7-8,11,21H,3-6,9-10H2,1-2H3. The van der Waals surface area contributed by atoms with Crippen LogP contribution in [0.3, 0.4) is 0 Å². The van der Waals surface area contributed by atoms with Crippen LogP contribution < -0.4 is 4.74 Å². The molecule has 2 aromatic rings. The summed E-state index contributed by atoms with van der Waals surface area (Å²) in [7, 11) is 0. The zero-order valence-electron chi connectivity index (χ0n) is 14.0. The third-order valence-electron chi connectivity index (χ3n) is 3.59. The van der Waals surface area contributed by atoms with Crippen LogP contribution >= 0.6 is 15.9 Å². The maximum atomic E-state index is 12.1. The Morgan fingerprint density at radius 2 is 1.88 bits per heavy atom. The molecule has 0 bridgehead atoms. The molecule has 1 heterocycles. The molecule has 0 amide bonds. The van der Waals surface area contributed by atoms with Gasteiger partial charge >= 0.3 is 5.97 Å². The molecule has 0 saturated heterocycles. The number of unbranched alkanes of at least 4 members (excludes halogenated alkanes) is 2. The first-order chi connectivity index (χ1) is 11.6. The molecule has 0 aliphatic rings. The van der Waals surface area contributed by atoms with Gasteiger partial charge in [-0.2, -0.15) is 0 Å². The summed E-state index contributed by atoms with van der Waals surface area (Å²) in [5.41, 5.74) is -0.0786. The molecule has 0 aliphatic carbocycles. The van der Waals surface area contributed by atoms with E-state index in [0.29, 0.717) is 34.3 Å². The quantitative estimate of drug-likeness (QED) is 0.393. The third-order valence-corrected chi connectivity index (χ3v) is 4.20. The minimum absolute atomic E-state index is 0.0786. The van der Waals surface area contributed by atoms with Gasteiger partial charge in [0.2, 0.25) is 0 Å². The molecule has 2 rings (SSSR count). The van der Waals surface area contributed by atoms with Gasteiger partial charge in [-0.1, -0.05) is 26.7 Å². The Labute approximate surface area is 150 Å². The second-order valence-electron chi connectivity index (χ2n) is 5.50. The summed E-state index contributed by atoms with van der Waals surface area (Å²) >= 11 is 3.36. The van der Waals surface area contributed by atoms with Crippen molar-refractivity contribution in [3.8, 4) is 11.5 Å². The number of fused-ring (bicyclic) bond motifs is 1. The van der Waals surface area contributed by atoms with Crippen molar-refractivity contribution < 1.29 is 19.4 Å². The number of aromatic nitrogens is 1. The van der Waals surface area contributed by atoms with Crippen LogP contribution in [-0.4, -0.2) is 29.3 Å². The summed E-state index contributed by atoms with van der Waals surface area (Å²) in [4.78, 5) is 16.2. The fourth-order valence-electron chi connectivity index (χ4n) is 2.18. The molecule has 5 nitrogen and oxygen atoms in total. The van der Waals surface area contributed by atoms with E-state index >= 15 is 0 Å². The van der Waals surface area contributed by atoms with Crippen molar-refractivity contribution in [2.24, 2.45) is 0 Å². The lowest BCUT2D eigenvalue weighted by molar-refractivity contribution is 0.0489. The molecule has 0 fully saturated rings. The number of aromatic hydroxyl groups is 1. The summed E-state index contributed by atoms with van der Waals surface area (Å²) in [5, 5.41) is 11.6. The van der Waals surface area contributed by atoms with Crippen LogP contribution in [0.2, 0.25) is 0 Å². The monoisotopic (exact) mass is 395 g/mol. The van der Waals surface area contributed by atoms with Crippen molar-refractivity contribution in [2.75, 3.05) is 13.2 Å². The van der Waals surface area contributed by atoms with Crippen molar-refractivity contribution in [1.29, 1.82) is 0 Å². The highest BCUT2D eigenvalue weighted by Gasteiger charge is 2.20. The van der Waals surface area contributed by atoms with Crippen molar-refractivity contribution in [3.05, 3.63) is 28.5 Å². The van der Waals surface area contributed by atoms with E-state index < -0.39 is 5.97 Å². The Kier molecular flexibility index (Phi) is 6.85.